The van der Waals surface area contributed by atoms with Gasteiger partial charge in [-0.2, -0.15) is 0 Å². The van der Waals surface area contributed by atoms with Gasteiger partial charge in [0.1, 0.15) is 11.9 Å². The monoisotopic (exact) mass is 299 g/mol. The number of nitrogens with zero attached hydrogens (tertiary/aromatic N) is 1. The van der Waals surface area contributed by atoms with E-state index >= 15 is 0 Å². The SMILES string of the molecule is CC(C)=CC(=O)N(Cc1ccccc1)CC(O)c1ccco1. The normalized spacial score (nSPS) is 11.8. The highest BCUT2D eigenvalue weighted by atomic mass is 16.4. The number of amides is 1. The van der Waals surface area contributed by atoms with Gasteiger partial charge in [0, 0.05) is 12.6 Å². The topological polar surface area (TPSA) is 53.7 Å². The lowest BCUT2D eigenvalue weighted by Crippen LogP contribution is -2.33. The first-order chi connectivity index (χ1) is 10.6. The van der Waals surface area contributed by atoms with E-state index in [4.69, 9.17) is 4.42 Å². The molecule has 4 nitrogen and oxygen atoms in total. The van der Waals surface area contributed by atoms with Gasteiger partial charge < -0.3 is 14.4 Å². The van der Waals surface area contributed by atoms with Gasteiger partial charge in [0.15, 0.2) is 0 Å². The number of rotatable bonds is 6. The summed E-state index contributed by atoms with van der Waals surface area (Å²) in [4.78, 5) is 14.0. The zero-order valence-electron chi connectivity index (χ0n) is 12.9. The molecule has 0 saturated heterocycles. The van der Waals surface area contributed by atoms with Crippen LogP contribution in [0, 0.1) is 0 Å². The van der Waals surface area contributed by atoms with E-state index in [1.807, 2.05) is 44.2 Å². The fourth-order valence-electron chi connectivity index (χ4n) is 2.15. The van der Waals surface area contributed by atoms with E-state index in [1.54, 1.807) is 23.1 Å². The molecule has 0 fully saturated rings. The predicted molar refractivity (Wildman–Crippen MR) is 85.0 cm³/mol. The second kappa shape index (κ2) is 7.61. The number of allylic oxidation sites excluding steroid dienone is 1. The Morgan fingerprint density at radius 3 is 2.55 bits per heavy atom. The van der Waals surface area contributed by atoms with Crippen molar-refractivity contribution in [2.75, 3.05) is 6.54 Å². The van der Waals surface area contributed by atoms with Crippen LogP contribution in [0.4, 0.5) is 0 Å². The van der Waals surface area contributed by atoms with Crippen LogP contribution in [0.2, 0.25) is 0 Å². The van der Waals surface area contributed by atoms with Gasteiger partial charge in [0.05, 0.1) is 12.8 Å². The number of carbonyl (C=O) groups is 1. The molecule has 0 aliphatic carbocycles. The molecule has 4 heteroatoms. The molecule has 0 radical (unpaired) electrons. The van der Waals surface area contributed by atoms with Gasteiger partial charge in [-0.3, -0.25) is 4.79 Å². The van der Waals surface area contributed by atoms with Gasteiger partial charge in [-0.05, 0) is 31.5 Å². The Hall–Kier alpha value is -2.33. The molecule has 1 aromatic carbocycles. The van der Waals surface area contributed by atoms with Gasteiger partial charge in [-0.15, -0.1) is 0 Å². The van der Waals surface area contributed by atoms with E-state index in [9.17, 15) is 9.90 Å². The molecule has 0 aliphatic rings. The van der Waals surface area contributed by atoms with Crippen LogP contribution in [0.1, 0.15) is 31.3 Å². The average Bonchev–Trinajstić information content (AvgIpc) is 3.01. The van der Waals surface area contributed by atoms with Gasteiger partial charge in [0.25, 0.3) is 0 Å². The van der Waals surface area contributed by atoms with Crippen LogP contribution in [-0.2, 0) is 11.3 Å². The number of benzene rings is 1. The lowest BCUT2D eigenvalue weighted by atomic mass is 10.1. The van der Waals surface area contributed by atoms with E-state index in [0.717, 1.165) is 11.1 Å². The fourth-order valence-corrected chi connectivity index (χ4v) is 2.15. The van der Waals surface area contributed by atoms with Crippen LogP contribution in [0.5, 0.6) is 0 Å². The number of hydrogen-bond acceptors (Lipinski definition) is 3. The van der Waals surface area contributed by atoms with Crippen molar-refractivity contribution in [3.8, 4) is 0 Å². The van der Waals surface area contributed by atoms with Gasteiger partial charge >= 0.3 is 0 Å². The minimum absolute atomic E-state index is 0.116. The lowest BCUT2D eigenvalue weighted by molar-refractivity contribution is -0.128. The van der Waals surface area contributed by atoms with Crippen molar-refractivity contribution in [2.24, 2.45) is 0 Å². The Balaban J connectivity index is 2.14. The Morgan fingerprint density at radius 1 is 1.23 bits per heavy atom. The molecule has 1 atom stereocenters. The molecule has 1 amide bonds. The summed E-state index contributed by atoms with van der Waals surface area (Å²) in [5.41, 5.74) is 1.94. The summed E-state index contributed by atoms with van der Waals surface area (Å²) >= 11 is 0. The van der Waals surface area contributed by atoms with E-state index in [-0.39, 0.29) is 12.5 Å². The summed E-state index contributed by atoms with van der Waals surface area (Å²) in [6.45, 7) is 4.38. The Labute approximate surface area is 130 Å². The molecule has 2 aromatic rings. The van der Waals surface area contributed by atoms with Crippen molar-refractivity contribution in [1.82, 2.24) is 4.90 Å². The van der Waals surface area contributed by atoms with Crippen molar-refractivity contribution < 1.29 is 14.3 Å². The maximum absolute atomic E-state index is 12.4. The van der Waals surface area contributed by atoms with Crippen LogP contribution >= 0.6 is 0 Å². The number of hydrogen-bond donors (Lipinski definition) is 1. The number of furan rings is 1. The van der Waals surface area contributed by atoms with Gasteiger partial charge in [-0.1, -0.05) is 35.9 Å². The molecular weight excluding hydrogens is 278 g/mol. The number of aliphatic hydroxyl groups excluding tert-OH is 1. The molecule has 0 saturated carbocycles. The molecule has 1 N–H and O–H groups in total. The molecule has 1 unspecified atom stereocenters. The first-order valence-corrected chi connectivity index (χ1v) is 7.25. The van der Waals surface area contributed by atoms with Crippen molar-refractivity contribution in [2.45, 2.75) is 26.5 Å². The van der Waals surface area contributed by atoms with Crippen LogP contribution in [0.3, 0.4) is 0 Å². The van der Waals surface area contributed by atoms with Crippen LogP contribution in [-0.4, -0.2) is 22.5 Å². The summed E-state index contributed by atoms with van der Waals surface area (Å²) in [5, 5.41) is 10.2. The third kappa shape index (κ3) is 4.60. The highest BCUT2D eigenvalue weighted by molar-refractivity contribution is 5.88. The first-order valence-electron chi connectivity index (χ1n) is 7.25. The average molecular weight is 299 g/mol. The minimum atomic E-state index is -0.840. The van der Waals surface area contributed by atoms with Crippen molar-refractivity contribution in [3.63, 3.8) is 0 Å². The summed E-state index contributed by atoms with van der Waals surface area (Å²) in [6.07, 6.45) is 2.25. The molecule has 0 spiro atoms. The van der Waals surface area contributed by atoms with Gasteiger partial charge in [0.2, 0.25) is 5.91 Å². The Bertz CT molecular complexity index is 613. The Kier molecular flexibility index (Phi) is 5.55. The summed E-state index contributed by atoms with van der Waals surface area (Å²) in [5.74, 6) is 0.345. The maximum atomic E-state index is 12.4. The van der Waals surface area contributed by atoms with E-state index in [0.29, 0.717) is 12.3 Å². The van der Waals surface area contributed by atoms with Gasteiger partial charge in [-0.25, -0.2) is 0 Å². The number of carbonyl (C=O) groups excluding carboxylic acids is 1. The lowest BCUT2D eigenvalue weighted by Gasteiger charge is -2.24. The first kappa shape index (κ1) is 16.0. The smallest absolute Gasteiger partial charge is 0.246 e. The highest BCUT2D eigenvalue weighted by Crippen LogP contribution is 2.17. The highest BCUT2D eigenvalue weighted by Gasteiger charge is 2.19. The van der Waals surface area contributed by atoms with Crippen LogP contribution in [0.15, 0.2) is 64.8 Å². The predicted octanol–water partition coefficient (Wildman–Crippen LogP) is 3.31. The maximum Gasteiger partial charge on any atom is 0.246 e. The Morgan fingerprint density at radius 2 is 1.95 bits per heavy atom. The second-order valence-electron chi connectivity index (χ2n) is 5.46. The van der Waals surface area contributed by atoms with Crippen molar-refractivity contribution in [3.05, 3.63) is 71.7 Å². The number of aliphatic hydroxyl groups is 1. The van der Waals surface area contributed by atoms with Crippen molar-refractivity contribution in [1.29, 1.82) is 0 Å². The quantitative estimate of drug-likeness (QED) is 0.833. The van der Waals surface area contributed by atoms with E-state index in [2.05, 4.69) is 0 Å². The fraction of sp³-hybridized carbons (Fsp3) is 0.278. The van der Waals surface area contributed by atoms with Crippen molar-refractivity contribution >= 4 is 5.91 Å². The zero-order chi connectivity index (χ0) is 15.9. The summed E-state index contributed by atoms with van der Waals surface area (Å²) in [7, 11) is 0. The largest absolute Gasteiger partial charge is 0.467 e. The van der Waals surface area contributed by atoms with Crippen LogP contribution < -0.4 is 0 Å². The standard InChI is InChI=1S/C18H21NO3/c1-14(2)11-18(21)19(12-15-7-4-3-5-8-15)13-16(20)17-9-6-10-22-17/h3-11,16,20H,12-13H2,1-2H3. The molecule has 1 heterocycles. The molecule has 0 bridgehead atoms. The molecule has 0 aliphatic heterocycles. The van der Waals surface area contributed by atoms with E-state index in [1.165, 1.54) is 6.26 Å². The molecule has 1 aromatic heterocycles. The summed E-state index contributed by atoms with van der Waals surface area (Å²) in [6, 6.07) is 13.1. The van der Waals surface area contributed by atoms with E-state index < -0.39 is 6.10 Å². The molecular formula is C18H21NO3. The summed E-state index contributed by atoms with van der Waals surface area (Å²) < 4.78 is 5.20. The molecule has 22 heavy (non-hydrogen) atoms. The molecule has 116 valence electrons. The zero-order valence-corrected chi connectivity index (χ0v) is 12.9. The second-order valence-corrected chi connectivity index (χ2v) is 5.46. The molecule has 2 rings (SSSR count). The third-order valence-electron chi connectivity index (χ3n) is 3.21. The van der Waals surface area contributed by atoms with Crippen LogP contribution in [0.25, 0.3) is 0 Å². The minimum Gasteiger partial charge on any atom is -0.467 e. The third-order valence-corrected chi connectivity index (χ3v) is 3.21.